The Hall–Kier alpha value is -3.35. The van der Waals surface area contributed by atoms with Gasteiger partial charge in [0, 0.05) is 24.2 Å². The fraction of sp³-hybridized carbons (Fsp3) is 0.100. The zero-order valence-corrected chi connectivity index (χ0v) is 14.4. The zero-order chi connectivity index (χ0) is 19.6. The number of nitrogens with one attached hydrogen (secondary N) is 1. The number of carbonyl (C=O) groups is 1. The third kappa shape index (κ3) is 3.92. The maximum Gasteiger partial charge on any atom is 0.417 e. The topological polar surface area (TPSA) is 46.9 Å². The van der Waals surface area contributed by atoms with Crippen LogP contribution in [0.4, 0.5) is 18.9 Å². The summed E-state index contributed by atoms with van der Waals surface area (Å²) in [7, 11) is 1.62. The first-order chi connectivity index (χ1) is 12.8. The number of fused-ring (bicyclic) bond motifs is 1. The van der Waals surface area contributed by atoms with E-state index in [9.17, 15) is 18.0 Å². The molecule has 138 valence electrons. The minimum absolute atomic E-state index is 0.00828. The molecule has 1 aromatic carbocycles. The zero-order valence-electron chi connectivity index (χ0n) is 14.4. The van der Waals surface area contributed by atoms with Gasteiger partial charge in [0.25, 0.3) is 0 Å². The van der Waals surface area contributed by atoms with Crippen LogP contribution in [0.1, 0.15) is 11.1 Å². The highest BCUT2D eigenvalue weighted by Gasteiger charge is 2.36. The van der Waals surface area contributed by atoms with Crippen molar-refractivity contribution in [3.63, 3.8) is 0 Å². The first-order valence-electron chi connectivity index (χ1n) is 8.02. The van der Waals surface area contributed by atoms with Crippen molar-refractivity contribution in [2.24, 2.45) is 7.05 Å². The van der Waals surface area contributed by atoms with Crippen LogP contribution >= 0.6 is 0 Å². The molecular formula is C20H16F3N3O. The number of aromatic nitrogens is 2. The lowest BCUT2D eigenvalue weighted by Gasteiger charge is -2.12. The summed E-state index contributed by atoms with van der Waals surface area (Å²) in [6.07, 6.45) is 0.390. The van der Waals surface area contributed by atoms with Gasteiger partial charge in [-0.15, -0.1) is 0 Å². The summed E-state index contributed by atoms with van der Waals surface area (Å²) in [6.45, 7) is 3.35. The molecule has 1 amide bonds. The van der Waals surface area contributed by atoms with E-state index < -0.39 is 17.7 Å². The molecule has 3 aromatic rings. The summed E-state index contributed by atoms with van der Waals surface area (Å²) in [4.78, 5) is 15.7. The van der Waals surface area contributed by atoms with Crippen LogP contribution in [0.3, 0.4) is 0 Å². The Morgan fingerprint density at radius 2 is 1.96 bits per heavy atom. The van der Waals surface area contributed by atoms with Crippen molar-refractivity contribution < 1.29 is 18.0 Å². The predicted octanol–water partition coefficient (Wildman–Crippen LogP) is 4.80. The number of anilines is 1. The van der Waals surface area contributed by atoms with E-state index in [2.05, 4.69) is 16.9 Å². The summed E-state index contributed by atoms with van der Waals surface area (Å²) in [5.41, 5.74) is 0.316. The van der Waals surface area contributed by atoms with E-state index in [1.165, 1.54) is 23.0 Å². The van der Waals surface area contributed by atoms with Gasteiger partial charge in [0.1, 0.15) is 5.65 Å². The SMILES string of the molecule is C=CC(=O)Nc1cnc2c(c1)c(C(=Cc1ccccc1)C(F)(F)F)cn2C. The summed E-state index contributed by atoms with van der Waals surface area (Å²) < 4.78 is 43.0. The molecule has 0 aliphatic heterocycles. The fourth-order valence-electron chi connectivity index (χ4n) is 2.77. The standard InChI is InChI=1S/C20H16F3N3O/c1-3-18(27)25-14-10-15-16(12-26(2)19(15)24-11-14)17(20(21,22)23)9-13-7-5-4-6-8-13/h3-12H,1H2,2H3,(H,25,27). The van der Waals surface area contributed by atoms with Crippen molar-refractivity contribution >= 4 is 34.3 Å². The first-order valence-corrected chi connectivity index (χ1v) is 8.02. The number of hydrogen-bond donors (Lipinski definition) is 1. The smallest absolute Gasteiger partial charge is 0.335 e. The lowest BCUT2D eigenvalue weighted by molar-refractivity contribution is -0.111. The van der Waals surface area contributed by atoms with Gasteiger partial charge in [0.05, 0.1) is 17.5 Å². The van der Waals surface area contributed by atoms with Crippen LogP contribution < -0.4 is 5.32 Å². The second kappa shape index (κ2) is 7.11. The predicted molar refractivity (Wildman–Crippen MR) is 99.9 cm³/mol. The Balaban J connectivity index is 2.20. The molecule has 2 heterocycles. The van der Waals surface area contributed by atoms with Crippen LogP contribution in [0.15, 0.2) is 61.4 Å². The molecule has 0 atom stereocenters. The van der Waals surface area contributed by atoms with E-state index in [4.69, 9.17) is 0 Å². The van der Waals surface area contributed by atoms with Gasteiger partial charge in [-0.05, 0) is 23.8 Å². The number of hydrogen-bond acceptors (Lipinski definition) is 2. The lowest BCUT2D eigenvalue weighted by Crippen LogP contribution is -2.10. The molecule has 0 fully saturated rings. The molecule has 0 unspecified atom stereocenters. The van der Waals surface area contributed by atoms with Gasteiger partial charge < -0.3 is 9.88 Å². The lowest BCUT2D eigenvalue weighted by atomic mass is 10.0. The molecule has 0 aliphatic carbocycles. The van der Waals surface area contributed by atoms with Crippen LogP contribution in [0.2, 0.25) is 0 Å². The van der Waals surface area contributed by atoms with Gasteiger partial charge in [0.15, 0.2) is 0 Å². The average Bonchev–Trinajstić information content (AvgIpc) is 2.95. The number of benzene rings is 1. The summed E-state index contributed by atoms with van der Waals surface area (Å²) in [5.74, 6) is -0.468. The number of amides is 1. The van der Waals surface area contributed by atoms with Crippen molar-refractivity contribution in [2.45, 2.75) is 6.18 Å². The van der Waals surface area contributed by atoms with E-state index >= 15 is 0 Å². The fourth-order valence-corrected chi connectivity index (χ4v) is 2.77. The Kier molecular flexibility index (Phi) is 4.85. The van der Waals surface area contributed by atoms with E-state index in [0.29, 0.717) is 22.3 Å². The van der Waals surface area contributed by atoms with Crippen molar-refractivity contribution in [3.8, 4) is 0 Å². The highest BCUT2D eigenvalue weighted by molar-refractivity contribution is 6.02. The Morgan fingerprint density at radius 3 is 2.59 bits per heavy atom. The van der Waals surface area contributed by atoms with Crippen LogP contribution in [-0.4, -0.2) is 21.6 Å². The van der Waals surface area contributed by atoms with Crippen molar-refractivity contribution in [3.05, 3.63) is 72.6 Å². The van der Waals surface area contributed by atoms with Crippen molar-refractivity contribution in [1.82, 2.24) is 9.55 Å². The molecule has 0 spiro atoms. The number of pyridine rings is 1. The maximum absolute atomic E-state index is 13.8. The normalized spacial score (nSPS) is 12.2. The molecule has 2 aromatic heterocycles. The van der Waals surface area contributed by atoms with Gasteiger partial charge in [-0.2, -0.15) is 13.2 Å². The molecule has 3 rings (SSSR count). The largest absolute Gasteiger partial charge is 0.417 e. The highest BCUT2D eigenvalue weighted by atomic mass is 19.4. The van der Waals surface area contributed by atoms with Crippen LogP contribution in [0.5, 0.6) is 0 Å². The maximum atomic E-state index is 13.8. The monoisotopic (exact) mass is 371 g/mol. The molecular weight excluding hydrogens is 355 g/mol. The Labute approximate surface area is 153 Å². The van der Waals surface area contributed by atoms with Gasteiger partial charge in [-0.25, -0.2) is 4.98 Å². The third-order valence-corrected chi connectivity index (χ3v) is 3.97. The number of nitrogens with zero attached hydrogens (tertiary/aromatic N) is 2. The number of carbonyl (C=O) groups excluding carboxylic acids is 1. The van der Waals surface area contributed by atoms with E-state index in [1.54, 1.807) is 37.4 Å². The number of alkyl halides is 3. The first kappa shape index (κ1) is 18.4. The molecule has 0 bridgehead atoms. The molecule has 0 saturated carbocycles. The summed E-state index contributed by atoms with van der Waals surface area (Å²) in [5, 5.41) is 2.81. The molecule has 1 N–H and O–H groups in total. The number of halogens is 3. The minimum atomic E-state index is -4.56. The van der Waals surface area contributed by atoms with Crippen LogP contribution in [-0.2, 0) is 11.8 Å². The second-order valence-corrected chi connectivity index (χ2v) is 5.91. The summed E-state index contributed by atoms with van der Waals surface area (Å²) >= 11 is 0. The van der Waals surface area contributed by atoms with Crippen molar-refractivity contribution in [2.75, 3.05) is 5.32 Å². The second-order valence-electron chi connectivity index (χ2n) is 5.91. The average molecular weight is 371 g/mol. The Morgan fingerprint density at radius 1 is 1.26 bits per heavy atom. The van der Waals surface area contributed by atoms with Gasteiger partial charge in [-0.1, -0.05) is 36.9 Å². The van der Waals surface area contributed by atoms with Gasteiger partial charge in [-0.3, -0.25) is 4.79 Å². The quantitative estimate of drug-likeness (QED) is 0.670. The minimum Gasteiger partial charge on any atom is -0.335 e. The van der Waals surface area contributed by atoms with Crippen LogP contribution in [0, 0.1) is 0 Å². The van der Waals surface area contributed by atoms with Gasteiger partial charge >= 0.3 is 6.18 Å². The molecule has 4 nitrogen and oxygen atoms in total. The molecule has 27 heavy (non-hydrogen) atoms. The van der Waals surface area contributed by atoms with Crippen LogP contribution in [0.25, 0.3) is 22.7 Å². The van der Waals surface area contributed by atoms with Crippen molar-refractivity contribution in [1.29, 1.82) is 0 Å². The van der Waals surface area contributed by atoms with Gasteiger partial charge in [0.2, 0.25) is 5.91 Å². The van der Waals surface area contributed by atoms with E-state index in [-0.39, 0.29) is 5.56 Å². The highest BCUT2D eigenvalue weighted by Crippen LogP contribution is 2.39. The van der Waals surface area contributed by atoms with E-state index in [0.717, 1.165) is 12.2 Å². The molecule has 0 radical (unpaired) electrons. The number of rotatable bonds is 4. The number of allylic oxidation sites excluding steroid dienone is 1. The molecule has 7 heteroatoms. The summed E-state index contributed by atoms with van der Waals surface area (Å²) in [6, 6.07) is 9.77. The molecule has 0 aliphatic rings. The third-order valence-electron chi connectivity index (χ3n) is 3.97. The number of aryl methyl sites for hydroxylation is 1. The van der Waals surface area contributed by atoms with E-state index in [1.807, 2.05) is 0 Å². The molecule has 0 saturated heterocycles. The Bertz CT molecular complexity index is 1030.